The number of alkyl halides is 1. The average Bonchev–Trinajstić information content (AvgIpc) is 2.19. The number of hydrogen-bond acceptors (Lipinski definition) is 2. The first-order valence-corrected chi connectivity index (χ1v) is 5.20. The number of rotatable bonds is 3. The summed E-state index contributed by atoms with van der Waals surface area (Å²) in [5, 5.41) is 11.5. The van der Waals surface area contributed by atoms with Gasteiger partial charge in [-0.2, -0.15) is 5.26 Å². The van der Waals surface area contributed by atoms with Gasteiger partial charge in [0.1, 0.15) is 0 Å². The first-order valence-electron chi connectivity index (χ1n) is 4.08. The molecule has 0 aliphatic rings. The molecule has 0 heterocycles. The van der Waals surface area contributed by atoms with Gasteiger partial charge in [0.05, 0.1) is 17.8 Å². The van der Waals surface area contributed by atoms with Gasteiger partial charge in [-0.15, -0.1) is 0 Å². The summed E-state index contributed by atoms with van der Waals surface area (Å²) in [6.45, 7) is 0. The number of halogens is 1. The van der Waals surface area contributed by atoms with Gasteiger partial charge < -0.3 is 5.32 Å². The van der Waals surface area contributed by atoms with Crippen molar-refractivity contribution in [1.82, 2.24) is 0 Å². The number of hydrogen-bond donors (Lipinski definition) is 1. The lowest BCUT2D eigenvalue weighted by molar-refractivity contribution is -0.113. The molecule has 0 saturated heterocycles. The van der Waals surface area contributed by atoms with Crippen LogP contribution in [-0.4, -0.2) is 11.2 Å². The Hall–Kier alpha value is -1.34. The molecule has 3 nitrogen and oxygen atoms in total. The van der Waals surface area contributed by atoms with Gasteiger partial charge in [-0.25, -0.2) is 0 Å². The molecule has 1 rings (SSSR count). The predicted octanol–water partition coefficient (Wildman–Crippen LogP) is 2.09. The van der Waals surface area contributed by atoms with E-state index in [1.165, 1.54) is 0 Å². The average molecular weight is 253 g/mol. The predicted molar refractivity (Wildman–Crippen MR) is 58.2 cm³/mol. The number of carbonyl (C=O) groups excluding carboxylic acids is 1. The van der Waals surface area contributed by atoms with E-state index in [0.717, 1.165) is 11.3 Å². The third-order valence-corrected chi connectivity index (χ3v) is 2.12. The molecule has 0 unspecified atom stereocenters. The minimum Gasteiger partial charge on any atom is -0.325 e. The van der Waals surface area contributed by atoms with Crippen molar-refractivity contribution in [2.45, 2.75) is 6.42 Å². The van der Waals surface area contributed by atoms with E-state index in [9.17, 15) is 4.79 Å². The molecule has 0 aliphatic heterocycles. The standard InChI is InChI=1S/C10H9BrN2O/c11-7-10(14)13-9-3-1-2-8(6-9)4-5-12/h1-3,6H,4,7H2,(H,13,14). The van der Waals surface area contributed by atoms with Gasteiger partial charge in [0.15, 0.2) is 0 Å². The highest BCUT2D eigenvalue weighted by Crippen LogP contribution is 2.10. The van der Waals surface area contributed by atoms with Gasteiger partial charge in [-0.05, 0) is 17.7 Å². The van der Waals surface area contributed by atoms with Crippen LogP contribution in [0.15, 0.2) is 24.3 Å². The molecule has 4 heteroatoms. The third kappa shape index (κ3) is 3.19. The molecular formula is C10H9BrN2O. The van der Waals surface area contributed by atoms with Crippen LogP contribution in [0.2, 0.25) is 0 Å². The van der Waals surface area contributed by atoms with E-state index in [1.807, 2.05) is 12.1 Å². The molecule has 0 saturated carbocycles. The monoisotopic (exact) mass is 252 g/mol. The number of nitrogens with one attached hydrogen (secondary N) is 1. The lowest BCUT2D eigenvalue weighted by Crippen LogP contribution is -2.12. The first kappa shape index (κ1) is 10.7. The van der Waals surface area contributed by atoms with E-state index in [-0.39, 0.29) is 11.2 Å². The molecule has 0 atom stereocenters. The SMILES string of the molecule is N#CCc1cccc(NC(=O)CBr)c1. The van der Waals surface area contributed by atoms with Crippen molar-refractivity contribution in [3.05, 3.63) is 29.8 Å². The summed E-state index contributed by atoms with van der Waals surface area (Å²) in [6, 6.07) is 9.32. The molecule has 14 heavy (non-hydrogen) atoms. The zero-order valence-electron chi connectivity index (χ0n) is 7.46. The Kier molecular flexibility index (Phi) is 4.14. The molecule has 0 aliphatic carbocycles. The zero-order chi connectivity index (χ0) is 10.4. The highest BCUT2D eigenvalue weighted by molar-refractivity contribution is 9.09. The topological polar surface area (TPSA) is 52.9 Å². The summed E-state index contributed by atoms with van der Waals surface area (Å²) in [5.74, 6) is -0.0980. The minimum absolute atomic E-state index is 0.0980. The van der Waals surface area contributed by atoms with Crippen LogP contribution in [0, 0.1) is 11.3 Å². The summed E-state index contributed by atoms with van der Waals surface area (Å²) in [4.78, 5) is 11.0. The largest absolute Gasteiger partial charge is 0.325 e. The zero-order valence-corrected chi connectivity index (χ0v) is 9.04. The highest BCUT2D eigenvalue weighted by atomic mass is 79.9. The summed E-state index contributed by atoms with van der Waals surface area (Å²) in [6.07, 6.45) is 0.359. The van der Waals surface area contributed by atoms with E-state index in [1.54, 1.807) is 12.1 Å². The Morgan fingerprint density at radius 3 is 3.00 bits per heavy atom. The summed E-state index contributed by atoms with van der Waals surface area (Å²) < 4.78 is 0. The molecular weight excluding hydrogens is 244 g/mol. The highest BCUT2D eigenvalue weighted by Gasteiger charge is 1.99. The van der Waals surface area contributed by atoms with Crippen molar-refractivity contribution in [3.8, 4) is 6.07 Å². The lowest BCUT2D eigenvalue weighted by Gasteiger charge is -2.03. The van der Waals surface area contributed by atoms with E-state index < -0.39 is 0 Å². The van der Waals surface area contributed by atoms with E-state index >= 15 is 0 Å². The van der Waals surface area contributed by atoms with Crippen LogP contribution < -0.4 is 5.32 Å². The van der Waals surface area contributed by atoms with Crippen LogP contribution in [0.1, 0.15) is 5.56 Å². The van der Waals surface area contributed by atoms with Gasteiger partial charge in [0.2, 0.25) is 5.91 Å². The summed E-state index contributed by atoms with van der Waals surface area (Å²) >= 11 is 3.06. The summed E-state index contributed by atoms with van der Waals surface area (Å²) in [7, 11) is 0. The van der Waals surface area contributed by atoms with Crippen LogP contribution in [-0.2, 0) is 11.2 Å². The number of amides is 1. The Labute approximate surface area is 90.9 Å². The van der Waals surface area contributed by atoms with Crippen molar-refractivity contribution in [1.29, 1.82) is 5.26 Å². The van der Waals surface area contributed by atoms with Gasteiger partial charge in [-0.1, -0.05) is 28.1 Å². The molecule has 0 radical (unpaired) electrons. The van der Waals surface area contributed by atoms with Crippen LogP contribution in [0.5, 0.6) is 0 Å². The lowest BCUT2D eigenvalue weighted by atomic mass is 10.1. The maximum atomic E-state index is 11.0. The van der Waals surface area contributed by atoms with Crippen LogP contribution in [0.4, 0.5) is 5.69 Å². The van der Waals surface area contributed by atoms with Gasteiger partial charge in [0, 0.05) is 5.69 Å². The van der Waals surface area contributed by atoms with Crippen molar-refractivity contribution < 1.29 is 4.79 Å². The van der Waals surface area contributed by atoms with Crippen molar-refractivity contribution in [2.75, 3.05) is 10.6 Å². The molecule has 0 aromatic heterocycles. The Balaban J connectivity index is 2.74. The van der Waals surface area contributed by atoms with Gasteiger partial charge in [-0.3, -0.25) is 4.79 Å². The Morgan fingerprint density at radius 1 is 1.57 bits per heavy atom. The van der Waals surface area contributed by atoms with Crippen LogP contribution in [0.25, 0.3) is 0 Å². The van der Waals surface area contributed by atoms with E-state index in [4.69, 9.17) is 5.26 Å². The molecule has 0 spiro atoms. The minimum atomic E-state index is -0.0980. The normalized spacial score (nSPS) is 9.14. The van der Waals surface area contributed by atoms with E-state index in [0.29, 0.717) is 6.42 Å². The van der Waals surface area contributed by atoms with Crippen molar-refractivity contribution in [2.24, 2.45) is 0 Å². The third-order valence-electron chi connectivity index (χ3n) is 1.62. The molecule has 1 amide bonds. The van der Waals surface area contributed by atoms with Crippen molar-refractivity contribution >= 4 is 27.5 Å². The molecule has 0 fully saturated rings. The van der Waals surface area contributed by atoms with E-state index in [2.05, 4.69) is 27.3 Å². The summed E-state index contributed by atoms with van der Waals surface area (Å²) in [5.41, 5.74) is 1.63. The second-order valence-electron chi connectivity index (χ2n) is 2.72. The second kappa shape index (κ2) is 5.40. The Morgan fingerprint density at radius 2 is 2.36 bits per heavy atom. The maximum absolute atomic E-state index is 11.0. The fourth-order valence-electron chi connectivity index (χ4n) is 1.04. The van der Waals surface area contributed by atoms with Crippen LogP contribution in [0.3, 0.4) is 0 Å². The molecule has 1 aromatic rings. The number of nitrogens with zero attached hydrogens (tertiary/aromatic N) is 1. The van der Waals surface area contributed by atoms with Crippen molar-refractivity contribution in [3.63, 3.8) is 0 Å². The smallest absolute Gasteiger partial charge is 0.235 e. The molecule has 1 aromatic carbocycles. The van der Waals surface area contributed by atoms with Gasteiger partial charge >= 0.3 is 0 Å². The fourth-order valence-corrected chi connectivity index (χ4v) is 1.18. The maximum Gasteiger partial charge on any atom is 0.235 e. The first-order chi connectivity index (χ1) is 6.76. The fraction of sp³-hybridized carbons (Fsp3) is 0.200. The molecule has 72 valence electrons. The van der Waals surface area contributed by atoms with Crippen LogP contribution >= 0.6 is 15.9 Å². The molecule has 0 bridgehead atoms. The second-order valence-corrected chi connectivity index (χ2v) is 3.28. The van der Waals surface area contributed by atoms with Gasteiger partial charge in [0.25, 0.3) is 0 Å². The number of benzene rings is 1. The number of nitriles is 1. The number of anilines is 1. The Bertz CT molecular complexity index is 371. The number of carbonyl (C=O) groups is 1. The molecule has 1 N–H and O–H groups in total. The quantitative estimate of drug-likeness (QED) is 0.838.